The number of aliphatic carboxylic acids is 1. The van der Waals surface area contributed by atoms with E-state index < -0.39 is 17.9 Å². The standard InChI is InChI=1S/C16H21N3O3/c1-4-5-6-12(16(21)22)18-15(20)14-11(3)17-13-9-10(2)7-8-19(13)14/h7-9,12H,4-6H2,1-3H3,(H,18,20)(H,21,22). The molecule has 2 heterocycles. The second-order valence-electron chi connectivity index (χ2n) is 5.48. The maximum atomic E-state index is 12.5. The van der Waals surface area contributed by atoms with Crippen LogP contribution in [0.5, 0.6) is 0 Å². The van der Waals surface area contributed by atoms with Gasteiger partial charge in [0.05, 0.1) is 5.69 Å². The first-order valence-electron chi connectivity index (χ1n) is 7.43. The lowest BCUT2D eigenvalue weighted by atomic mass is 10.1. The molecule has 6 nitrogen and oxygen atoms in total. The summed E-state index contributed by atoms with van der Waals surface area (Å²) in [7, 11) is 0. The number of fused-ring (bicyclic) bond motifs is 1. The highest BCUT2D eigenvalue weighted by Crippen LogP contribution is 2.14. The van der Waals surface area contributed by atoms with Crippen molar-refractivity contribution in [3.8, 4) is 0 Å². The highest BCUT2D eigenvalue weighted by atomic mass is 16.4. The molecule has 2 aromatic rings. The molecule has 0 saturated carbocycles. The number of carbonyl (C=O) groups excluding carboxylic acids is 1. The van der Waals surface area contributed by atoms with E-state index in [-0.39, 0.29) is 0 Å². The first-order chi connectivity index (χ1) is 10.4. The van der Waals surface area contributed by atoms with Crippen molar-refractivity contribution in [2.24, 2.45) is 0 Å². The number of unbranched alkanes of at least 4 members (excludes halogenated alkanes) is 1. The van der Waals surface area contributed by atoms with E-state index in [1.807, 2.05) is 26.0 Å². The molecular formula is C16H21N3O3. The summed E-state index contributed by atoms with van der Waals surface area (Å²) in [6.45, 7) is 5.69. The van der Waals surface area contributed by atoms with Crippen LogP contribution in [0.3, 0.4) is 0 Å². The summed E-state index contributed by atoms with van der Waals surface area (Å²) < 4.78 is 1.69. The van der Waals surface area contributed by atoms with Gasteiger partial charge in [-0.2, -0.15) is 0 Å². The van der Waals surface area contributed by atoms with Gasteiger partial charge < -0.3 is 10.4 Å². The normalized spacial score (nSPS) is 12.3. The predicted molar refractivity (Wildman–Crippen MR) is 83.1 cm³/mol. The van der Waals surface area contributed by atoms with Gasteiger partial charge in [-0.25, -0.2) is 9.78 Å². The number of nitrogens with one attached hydrogen (secondary N) is 1. The van der Waals surface area contributed by atoms with Gasteiger partial charge in [-0.1, -0.05) is 19.8 Å². The molecule has 1 unspecified atom stereocenters. The number of hydrogen-bond donors (Lipinski definition) is 2. The van der Waals surface area contributed by atoms with Crippen molar-refractivity contribution in [1.29, 1.82) is 0 Å². The van der Waals surface area contributed by atoms with Gasteiger partial charge in [0.2, 0.25) is 0 Å². The van der Waals surface area contributed by atoms with Crippen LogP contribution in [0.15, 0.2) is 18.3 Å². The van der Waals surface area contributed by atoms with Crippen LogP contribution < -0.4 is 5.32 Å². The molecule has 2 rings (SSSR count). The highest BCUT2D eigenvalue weighted by molar-refractivity contribution is 5.97. The Hall–Kier alpha value is -2.37. The summed E-state index contributed by atoms with van der Waals surface area (Å²) in [5.41, 5.74) is 2.71. The van der Waals surface area contributed by atoms with Crippen molar-refractivity contribution >= 4 is 17.5 Å². The van der Waals surface area contributed by atoms with Gasteiger partial charge in [0.25, 0.3) is 5.91 Å². The number of carboxylic acids is 1. The SMILES string of the molecule is CCCCC(NC(=O)c1c(C)nc2cc(C)ccn12)C(=O)O. The zero-order valence-electron chi connectivity index (χ0n) is 13.1. The van der Waals surface area contributed by atoms with Crippen LogP contribution in [0.2, 0.25) is 0 Å². The van der Waals surface area contributed by atoms with Crippen LogP contribution in [0.25, 0.3) is 5.65 Å². The van der Waals surface area contributed by atoms with Crippen LogP contribution in [0.4, 0.5) is 0 Å². The van der Waals surface area contributed by atoms with E-state index in [4.69, 9.17) is 0 Å². The third-order valence-corrected chi connectivity index (χ3v) is 3.62. The first kappa shape index (κ1) is 16.0. The molecule has 6 heteroatoms. The third-order valence-electron chi connectivity index (χ3n) is 3.62. The fourth-order valence-corrected chi connectivity index (χ4v) is 2.43. The van der Waals surface area contributed by atoms with Crippen molar-refractivity contribution in [1.82, 2.24) is 14.7 Å². The van der Waals surface area contributed by atoms with Crippen LogP contribution in [-0.2, 0) is 4.79 Å². The molecule has 0 fully saturated rings. The lowest BCUT2D eigenvalue weighted by Crippen LogP contribution is -2.41. The predicted octanol–water partition coefficient (Wildman–Crippen LogP) is 2.32. The van der Waals surface area contributed by atoms with Gasteiger partial charge in [0.15, 0.2) is 0 Å². The van der Waals surface area contributed by atoms with Crippen molar-refractivity contribution in [3.63, 3.8) is 0 Å². The maximum Gasteiger partial charge on any atom is 0.326 e. The lowest BCUT2D eigenvalue weighted by Gasteiger charge is -2.14. The van der Waals surface area contributed by atoms with Crippen molar-refractivity contribution in [2.45, 2.75) is 46.1 Å². The Bertz CT molecular complexity index is 706. The molecule has 0 radical (unpaired) electrons. The number of nitrogens with zero attached hydrogens (tertiary/aromatic N) is 2. The fourth-order valence-electron chi connectivity index (χ4n) is 2.43. The molecule has 0 saturated heterocycles. The highest BCUT2D eigenvalue weighted by Gasteiger charge is 2.23. The topological polar surface area (TPSA) is 83.7 Å². The number of aromatic nitrogens is 2. The Kier molecular flexibility index (Phi) is 4.80. The molecule has 1 amide bonds. The Labute approximate surface area is 129 Å². The van der Waals surface area contributed by atoms with E-state index in [9.17, 15) is 14.7 Å². The van der Waals surface area contributed by atoms with Crippen LogP contribution >= 0.6 is 0 Å². The van der Waals surface area contributed by atoms with Crippen LogP contribution in [-0.4, -0.2) is 32.4 Å². The summed E-state index contributed by atoms with van der Waals surface area (Å²) in [4.78, 5) is 28.1. The molecule has 0 aliphatic heterocycles. The minimum Gasteiger partial charge on any atom is -0.480 e. The minimum absolute atomic E-state index is 0.387. The van der Waals surface area contributed by atoms with E-state index in [1.165, 1.54) is 0 Å². The summed E-state index contributed by atoms with van der Waals surface area (Å²) in [5, 5.41) is 11.8. The van der Waals surface area contributed by atoms with Gasteiger partial charge in [0, 0.05) is 6.20 Å². The molecule has 22 heavy (non-hydrogen) atoms. The molecule has 0 aliphatic rings. The zero-order chi connectivity index (χ0) is 16.3. The molecule has 0 aliphatic carbocycles. The lowest BCUT2D eigenvalue weighted by molar-refractivity contribution is -0.139. The summed E-state index contributed by atoms with van der Waals surface area (Å²) in [6.07, 6.45) is 3.84. The fraction of sp³-hybridized carbons (Fsp3) is 0.438. The number of hydrogen-bond acceptors (Lipinski definition) is 3. The molecule has 0 aromatic carbocycles. The molecule has 1 atom stereocenters. The Balaban J connectivity index is 2.29. The average Bonchev–Trinajstić information content (AvgIpc) is 2.77. The third kappa shape index (κ3) is 3.27. The largest absolute Gasteiger partial charge is 0.480 e. The van der Waals surface area contributed by atoms with Gasteiger partial charge in [-0.3, -0.25) is 9.20 Å². The number of carbonyl (C=O) groups is 2. The van der Waals surface area contributed by atoms with Crippen molar-refractivity contribution in [2.75, 3.05) is 0 Å². The Morgan fingerprint density at radius 1 is 1.41 bits per heavy atom. The van der Waals surface area contributed by atoms with Gasteiger partial charge >= 0.3 is 5.97 Å². The summed E-state index contributed by atoms with van der Waals surface area (Å²) >= 11 is 0. The van der Waals surface area contributed by atoms with E-state index in [1.54, 1.807) is 17.5 Å². The molecule has 0 spiro atoms. The number of imidazole rings is 1. The van der Waals surface area contributed by atoms with E-state index in [0.717, 1.165) is 18.4 Å². The minimum atomic E-state index is -1.01. The van der Waals surface area contributed by atoms with Gasteiger partial charge in [-0.15, -0.1) is 0 Å². The second kappa shape index (κ2) is 6.60. The van der Waals surface area contributed by atoms with Crippen molar-refractivity contribution < 1.29 is 14.7 Å². The monoisotopic (exact) mass is 303 g/mol. The van der Waals surface area contributed by atoms with Gasteiger partial charge in [-0.05, 0) is 38.0 Å². The maximum absolute atomic E-state index is 12.5. The number of pyridine rings is 1. The molecule has 2 aromatic heterocycles. The number of amides is 1. The summed E-state index contributed by atoms with van der Waals surface area (Å²) in [5.74, 6) is -1.42. The number of rotatable bonds is 6. The second-order valence-corrected chi connectivity index (χ2v) is 5.48. The van der Waals surface area contributed by atoms with Crippen molar-refractivity contribution in [3.05, 3.63) is 35.3 Å². The van der Waals surface area contributed by atoms with Crippen LogP contribution in [0, 0.1) is 13.8 Å². The van der Waals surface area contributed by atoms with E-state index >= 15 is 0 Å². The first-order valence-corrected chi connectivity index (χ1v) is 7.43. The van der Waals surface area contributed by atoms with E-state index in [0.29, 0.717) is 23.5 Å². The Morgan fingerprint density at radius 3 is 2.77 bits per heavy atom. The molecular weight excluding hydrogens is 282 g/mol. The van der Waals surface area contributed by atoms with Gasteiger partial charge in [0.1, 0.15) is 17.4 Å². The molecule has 2 N–H and O–H groups in total. The quantitative estimate of drug-likeness (QED) is 0.858. The Morgan fingerprint density at radius 2 is 2.14 bits per heavy atom. The van der Waals surface area contributed by atoms with Crippen LogP contribution in [0.1, 0.15) is 47.9 Å². The average molecular weight is 303 g/mol. The zero-order valence-corrected chi connectivity index (χ0v) is 13.1. The number of aryl methyl sites for hydroxylation is 2. The molecule has 118 valence electrons. The van der Waals surface area contributed by atoms with E-state index in [2.05, 4.69) is 10.3 Å². The smallest absolute Gasteiger partial charge is 0.326 e. The summed E-state index contributed by atoms with van der Waals surface area (Å²) in [6, 6.07) is 2.90. The molecule has 0 bridgehead atoms. The number of carboxylic acid groups (broad SMARTS) is 1.